The first-order valence-electron chi connectivity index (χ1n) is 9.96. The van der Waals surface area contributed by atoms with Gasteiger partial charge in [-0.05, 0) is 30.7 Å². The molecule has 0 N–H and O–H groups in total. The molecular weight excluding hydrogens is 396 g/mol. The van der Waals surface area contributed by atoms with E-state index in [1.807, 2.05) is 35.2 Å². The zero-order valence-corrected chi connectivity index (χ0v) is 16.9. The van der Waals surface area contributed by atoms with Gasteiger partial charge in [-0.15, -0.1) is 5.10 Å². The van der Waals surface area contributed by atoms with Crippen molar-refractivity contribution in [1.82, 2.24) is 30.0 Å². The normalized spacial score (nSPS) is 15.9. The number of aromatic nitrogens is 5. The van der Waals surface area contributed by atoms with Crippen LogP contribution in [0.15, 0.2) is 65.3 Å². The summed E-state index contributed by atoms with van der Waals surface area (Å²) in [6, 6.07) is 16.8. The van der Waals surface area contributed by atoms with E-state index in [1.165, 1.54) is 0 Å². The molecule has 0 unspecified atom stereocenters. The molecular formula is C22H20N6O3. The number of amides is 1. The van der Waals surface area contributed by atoms with E-state index in [2.05, 4.69) is 20.5 Å². The summed E-state index contributed by atoms with van der Waals surface area (Å²) >= 11 is 0. The van der Waals surface area contributed by atoms with E-state index in [-0.39, 0.29) is 11.9 Å². The van der Waals surface area contributed by atoms with Crippen LogP contribution in [-0.2, 0) is 0 Å². The van der Waals surface area contributed by atoms with Gasteiger partial charge in [0.05, 0.1) is 19.3 Å². The van der Waals surface area contributed by atoms with Crippen molar-refractivity contribution in [3.8, 4) is 28.7 Å². The van der Waals surface area contributed by atoms with E-state index in [0.29, 0.717) is 36.1 Å². The largest absolute Gasteiger partial charge is 0.497 e. The Morgan fingerprint density at radius 3 is 2.71 bits per heavy atom. The van der Waals surface area contributed by atoms with E-state index in [9.17, 15) is 4.79 Å². The maximum atomic E-state index is 12.8. The topological polar surface area (TPSA) is 99.2 Å². The second kappa shape index (κ2) is 8.02. The first kappa shape index (κ1) is 19.0. The fourth-order valence-electron chi connectivity index (χ4n) is 3.64. The molecule has 0 bridgehead atoms. The van der Waals surface area contributed by atoms with Gasteiger partial charge >= 0.3 is 0 Å². The zero-order valence-electron chi connectivity index (χ0n) is 16.9. The second-order valence-corrected chi connectivity index (χ2v) is 7.30. The summed E-state index contributed by atoms with van der Waals surface area (Å²) in [4.78, 5) is 19.0. The summed E-state index contributed by atoms with van der Waals surface area (Å²) in [5.41, 5.74) is 2.02. The third kappa shape index (κ3) is 3.77. The van der Waals surface area contributed by atoms with Gasteiger partial charge in [0, 0.05) is 24.2 Å². The Labute approximate surface area is 178 Å². The van der Waals surface area contributed by atoms with Crippen LogP contribution < -0.4 is 4.74 Å². The molecule has 0 saturated carbocycles. The summed E-state index contributed by atoms with van der Waals surface area (Å²) < 4.78 is 12.3. The number of benzene rings is 2. The van der Waals surface area contributed by atoms with Crippen LogP contribution >= 0.6 is 0 Å². The Morgan fingerprint density at radius 2 is 1.94 bits per heavy atom. The van der Waals surface area contributed by atoms with E-state index < -0.39 is 0 Å². The first-order valence-corrected chi connectivity index (χ1v) is 9.96. The standard InChI is InChI=1S/C22H20N6O3/c1-30-18-9-7-16(8-10-18)22(29)27-12-11-17(13-27)28-14-19(24-26-28)21-23-20(25-31-21)15-5-3-2-4-6-15/h2-10,14,17H,11-13H2,1H3/t17-/m1/s1. The van der Waals surface area contributed by atoms with Gasteiger partial charge in [-0.3, -0.25) is 4.79 Å². The molecule has 0 aliphatic carbocycles. The predicted octanol–water partition coefficient (Wildman–Crippen LogP) is 3.09. The Balaban J connectivity index is 1.27. The van der Waals surface area contributed by atoms with E-state index in [0.717, 1.165) is 17.7 Å². The van der Waals surface area contributed by atoms with Crippen molar-refractivity contribution in [2.24, 2.45) is 0 Å². The molecule has 1 atom stereocenters. The molecule has 2 aromatic heterocycles. The summed E-state index contributed by atoms with van der Waals surface area (Å²) in [6.07, 6.45) is 2.58. The lowest BCUT2D eigenvalue weighted by molar-refractivity contribution is 0.0787. The molecule has 1 amide bonds. The third-order valence-electron chi connectivity index (χ3n) is 5.35. The number of nitrogens with zero attached hydrogens (tertiary/aromatic N) is 6. The number of ether oxygens (including phenoxy) is 1. The number of methoxy groups -OCH3 is 1. The second-order valence-electron chi connectivity index (χ2n) is 7.30. The average Bonchev–Trinajstić information content (AvgIpc) is 3.59. The minimum atomic E-state index is -0.00473. The fourth-order valence-corrected chi connectivity index (χ4v) is 3.64. The number of carbonyl (C=O) groups excluding carboxylic acids is 1. The molecule has 31 heavy (non-hydrogen) atoms. The van der Waals surface area contributed by atoms with Gasteiger partial charge in [-0.1, -0.05) is 40.7 Å². The van der Waals surface area contributed by atoms with Gasteiger partial charge < -0.3 is 14.2 Å². The molecule has 4 aromatic rings. The molecule has 1 aliphatic heterocycles. The average molecular weight is 416 g/mol. The minimum absolute atomic E-state index is 0.00473. The summed E-state index contributed by atoms with van der Waals surface area (Å²) in [5, 5.41) is 12.4. The number of hydrogen-bond acceptors (Lipinski definition) is 7. The van der Waals surface area contributed by atoms with Crippen LogP contribution in [0, 0.1) is 0 Å². The molecule has 156 valence electrons. The minimum Gasteiger partial charge on any atom is -0.497 e. The molecule has 0 radical (unpaired) electrons. The van der Waals surface area contributed by atoms with E-state index in [1.54, 1.807) is 42.3 Å². The van der Waals surface area contributed by atoms with Crippen molar-refractivity contribution in [3.05, 3.63) is 66.4 Å². The molecule has 2 aromatic carbocycles. The maximum Gasteiger partial charge on any atom is 0.280 e. The van der Waals surface area contributed by atoms with Crippen molar-refractivity contribution >= 4 is 5.91 Å². The van der Waals surface area contributed by atoms with Crippen LogP contribution in [0.25, 0.3) is 23.0 Å². The lowest BCUT2D eigenvalue weighted by Crippen LogP contribution is -2.29. The Hall–Kier alpha value is -4.01. The lowest BCUT2D eigenvalue weighted by Gasteiger charge is -2.16. The Kier molecular flexibility index (Phi) is 4.91. The van der Waals surface area contributed by atoms with Gasteiger partial charge in [0.15, 0.2) is 5.69 Å². The Morgan fingerprint density at radius 1 is 1.13 bits per heavy atom. The van der Waals surface area contributed by atoms with Crippen molar-refractivity contribution in [1.29, 1.82) is 0 Å². The highest BCUT2D eigenvalue weighted by atomic mass is 16.5. The number of likely N-dealkylation sites (tertiary alicyclic amines) is 1. The SMILES string of the molecule is COc1ccc(C(=O)N2CC[C@@H](n3cc(-c4nc(-c5ccccc5)no4)nn3)C2)cc1. The molecule has 1 saturated heterocycles. The third-order valence-corrected chi connectivity index (χ3v) is 5.35. The van der Waals surface area contributed by atoms with Gasteiger partial charge in [0.25, 0.3) is 11.8 Å². The van der Waals surface area contributed by atoms with Gasteiger partial charge in [0.2, 0.25) is 5.82 Å². The molecule has 9 heteroatoms. The number of rotatable bonds is 5. The van der Waals surface area contributed by atoms with Gasteiger partial charge in [-0.25, -0.2) is 4.68 Å². The summed E-state index contributed by atoms with van der Waals surface area (Å²) in [5.74, 6) is 1.54. The van der Waals surface area contributed by atoms with Crippen LogP contribution in [0.1, 0.15) is 22.8 Å². The van der Waals surface area contributed by atoms with Crippen LogP contribution in [0.5, 0.6) is 5.75 Å². The van der Waals surface area contributed by atoms with Crippen LogP contribution in [0.3, 0.4) is 0 Å². The molecule has 5 rings (SSSR count). The summed E-state index contributed by atoms with van der Waals surface area (Å²) in [7, 11) is 1.60. The highest BCUT2D eigenvalue weighted by Gasteiger charge is 2.29. The number of hydrogen-bond donors (Lipinski definition) is 0. The smallest absolute Gasteiger partial charge is 0.280 e. The van der Waals surface area contributed by atoms with E-state index >= 15 is 0 Å². The maximum absolute atomic E-state index is 12.8. The van der Waals surface area contributed by atoms with Crippen molar-refractivity contribution in [2.75, 3.05) is 20.2 Å². The molecule has 1 fully saturated rings. The van der Waals surface area contributed by atoms with Crippen molar-refractivity contribution < 1.29 is 14.1 Å². The Bertz CT molecular complexity index is 1190. The van der Waals surface area contributed by atoms with Gasteiger partial charge in [0.1, 0.15) is 5.75 Å². The molecule has 3 heterocycles. The summed E-state index contributed by atoms with van der Waals surface area (Å²) in [6.45, 7) is 1.22. The first-order chi connectivity index (χ1) is 15.2. The number of carbonyl (C=O) groups is 1. The highest BCUT2D eigenvalue weighted by molar-refractivity contribution is 5.94. The lowest BCUT2D eigenvalue weighted by atomic mass is 10.2. The highest BCUT2D eigenvalue weighted by Crippen LogP contribution is 2.26. The van der Waals surface area contributed by atoms with Crippen molar-refractivity contribution in [2.45, 2.75) is 12.5 Å². The quantitative estimate of drug-likeness (QED) is 0.493. The fraction of sp³-hybridized carbons (Fsp3) is 0.227. The predicted molar refractivity (Wildman–Crippen MR) is 111 cm³/mol. The van der Waals surface area contributed by atoms with Crippen LogP contribution in [0.4, 0.5) is 0 Å². The molecule has 0 spiro atoms. The van der Waals surface area contributed by atoms with E-state index in [4.69, 9.17) is 9.26 Å². The van der Waals surface area contributed by atoms with Crippen molar-refractivity contribution in [3.63, 3.8) is 0 Å². The zero-order chi connectivity index (χ0) is 21.2. The monoisotopic (exact) mass is 416 g/mol. The molecule has 1 aliphatic rings. The van der Waals surface area contributed by atoms with Crippen LogP contribution in [0.2, 0.25) is 0 Å². The molecule has 9 nitrogen and oxygen atoms in total. The van der Waals surface area contributed by atoms with Gasteiger partial charge in [-0.2, -0.15) is 4.98 Å². The van der Waals surface area contributed by atoms with Crippen LogP contribution in [-0.4, -0.2) is 56.1 Å².